The van der Waals surface area contributed by atoms with Crippen LogP contribution in [0.1, 0.15) is 151 Å². The zero-order valence-electron chi connectivity index (χ0n) is 38.0. The maximum Gasteiger partial charge on any atom is 0.269 e. The number of nitro groups is 1. The van der Waals surface area contributed by atoms with E-state index in [1.54, 1.807) is 0 Å². The standard InChI is InChI=1S/C27H38N6O3.C20H35N5/c1-27(2,3)26-29-23(20-7-6-8-20)19-24(30-26)32-17-15-31(16-18-32)14-5-4-13-28-25(34)21-9-11-22(12-10-21)33(35)36;1-20(2,3)19-22-17(16-7-6-8-16)15-18(23-19)25-13-11-24(12-14-25)10-5-4-9-21/h9-12,19-20H,4-8,13-18H2,1-3H3,(H,28,34);15-16H,4-14,21H2,1-3H3. The van der Waals surface area contributed by atoms with Gasteiger partial charge in [0.25, 0.3) is 11.6 Å². The van der Waals surface area contributed by atoms with Crippen LogP contribution in [0.25, 0.3) is 0 Å². The van der Waals surface area contributed by atoms with Gasteiger partial charge in [-0.3, -0.25) is 24.7 Å². The first-order valence-corrected chi connectivity index (χ1v) is 23.1. The lowest BCUT2D eigenvalue weighted by atomic mass is 9.82. The van der Waals surface area contributed by atoms with Gasteiger partial charge in [0.2, 0.25) is 0 Å². The Morgan fingerprint density at radius 3 is 1.51 bits per heavy atom. The molecule has 0 radical (unpaired) electrons. The number of rotatable bonds is 15. The number of nitrogens with zero attached hydrogens (tertiary/aromatic N) is 9. The lowest BCUT2D eigenvalue weighted by Crippen LogP contribution is -2.47. The minimum absolute atomic E-state index is 0.00144. The molecule has 4 heterocycles. The van der Waals surface area contributed by atoms with Gasteiger partial charge < -0.3 is 20.9 Å². The van der Waals surface area contributed by atoms with Crippen molar-refractivity contribution >= 4 is 23.2 Å². The molecule has 2 aromatic heterocycles. The number of anilines is 2. The molecule has 2 aliphatic carbocycles. The summed E-state index contributed by atoms with van der Waals surface area (Å²) in [6.07, 6.45) is 11.9. The van der Waals surface area contributed by atoms with E-state index in [1.807, 2.05) is 0 Å². The summed E-state index contributed by atoms with van der Waals surface area (Å²) in [5.41, 5.74) is 8.45. The van der Waals surface area contributed by atoms with Gasteiger partial charge in [0.15, 0.2) is 0 Å². The van der Waals surface area contributed by atoms with Gasteiger partial charge in [-0.25, -0.2) is 19.9 Å². The zero-order chi connectivity index (χ0) is 43.6. The Labute approximate surface area is 364 Å². The monoisotopic (exact) mass is 840 g/mol. The lowest BCUT2D eigenvalue weighted by molar-refractivity contribution is -0.384. The molecule has 61 heavy (non-hydrogen) atoms. The zero-order valence-corrected chi connectivity index (χ0v) is 38.0. The number of carbonyl (C=O) groups excluding carboxylic acids is 1. The van der Waals surface area contributed by atoms with Crippen molar-refractivity contribution in [1.29, 1.82) is 0 Å². The van der Waals surface area contributed by atoms with Crippen molar-refractivity contribution in [3.05, 3.63) is 75.1 Å². The molecule has 334 valence electrons. The van der Waals surface area contributed by atoms with Crippen molar-refractivity contribution in [3.63, 3.8) is 0 Å². The molecule has 3 aromatic rings. The van der Waals surface area contributed by atoms with Crippen LogP contribution in [-0.4, -0.2) is 119 Å². The fraction of sp³-hybridized carbons (Fsp3) is 0.681. The third-order valence-electron chi connectivity index (χ3n) is 12.7. The van der Waals surface area contributed by atoms with Crippen molar-refractivity contribution in [2.45, 2.75) is 128 Å². The van der Waals surface area contributed by atoms with Crippen LogP contribution < -0.4 is 20.9 Å². The van der Waals surface area contributed by atoms with E-state index in [-0.39, 0.29) is 22.4 Å². The maximum absolute atomic E-state index is 12.2. The number of unbranched alkanes of at least 4 members (excludes halogenated alkanes) is 2. The summed E-state index contributed by atoms with van der Waals surface area (Å²) >= 11 is 0. The Morgan fingerprint density at radius 1 is 0.689 bits per heavy atom. The van der Waals surface area contributed by atoms with E-state index >= 15 is 0 Å². The van der Waals surface area contributed by atoms with E-state index in [9.17, 15) is 14.9 Å². The first kappa shape index (κ1) is 46.2. The summed E-state index contributed by atoms with van der Waals surface area (Å²) in [6.45, 7) is 25.1. The summed E-state index contributed by atoms with van der Waals surface area (Å²) in [6, 6.07) is 10.2. The Hall–Kier alpha value is -4.27. The van der Waals surface area contributed by atoms with Crippen LogP contribution in [0.5, 0.6) is 0 Å². The summed E-state index contributed by atoms with van der Waals surface area (Å²) < 4.78 is 0. The van der Waals surface area contributed by atoms with Gasteiger partial charge in [-0.05, 0) is 83.1 Å². The highest BCUT2D eigenvalue weighted by atomic mass is 16.6. The highest BCUT2D eigenvalue weighted by Gasteiger charge is 2.29. The minimum atomic E-state index is -0.467. The van der Waals surface area contributed by atoms with Crippen LogP contribution in [0.3, 0.4) is 0 Å². The number of amides is 1. The van der Waals surface area contributed by atoms with Gasteiger partial charge in [-0.15, -0.1) is 0 Å². The molecule has 0 bridgehead atoms. The average molecular weight is 840 g/mol. The number of benzene rings is 1. The number of piperazine rings is 2. The summed E-state index contributed by atoms with van der Waals surface area (Å²) in [4.78, 5) is 52.2. The Bertz CT molecular complexity index is 1870. The normalized spacial score (nSPS) is 18.2. The fourth-order valence-corrected chi connectivity index (χ4v) is 8.11. The molecule has 0 spiro atoms. The Kier molecular flexibility index (Phi) is 16.1. The second kappa shape index (κ2) is 21.2. The van der Waals surface area contributed by atoms with E-state index < -0.39 is 4.92 Å². The predicted octanol–water partition coefficient (Wildman–Crippen LogP) is 7.18. The van der Waals surface area contributed by atoms with Gasteiger partial charge in [0.1, 0.15) is 23.3 Å². The topological polar surface area (TPSA) is 163 Å². The number of carbonyl (C=O) groups is 1. The molecule has 1 amide bonds. The third-order valence-corrected chi connectivity index (χ3v) is 12.7. The van der Waals surface area contributed by atoms with Gasteiger partial charge >= 0.3 is 0 Å². The molecule has 3 N–H and O–H groups in total. The smallest absolute Gasteiger partial charge is 0.269 e. The molecular formula is C47H73N11O3. The summed E-state index contributed by atoms with van der Waals surface area (Å²) in [5.74, 6) is 5.21. The molecule has 0 unspecified atom stereocenters. The van der Waals surface area contributed by atoms with E-state index in [2.05, 4.69) is 78.6 Å². The molecule has 0 atom stereocenters. The number of non-ortho nitro benzene ring substituents is 1. The van der Waals surface area contributed by atoms with Crippen LogP contribution in [0.15, 0.2) is 36.4 Å². The second-order valence-corrected chi connectivity index (χ2v) is 19.6. The van der Waals surface area contributed by atoms with E-state index in [4.69, 9.17) is 25.7 Å². The van der Waals surface area contributed by atoms with Crippen molar-refractivity contribution in [2.24, 2.45) is 5.73 Å². The molecular weight excluding hydrogens is 767 g/mol. The van der Waals surface area contributed by atoms with Gasteiger partial charge in [-0.1, -0.05) is 54.4 Å². The molecule has 2 saturated carbocycles. The van der Waals surface area contributed by atoms with Crippen LogP contribution in [0, 0.1) is 10.1 Å². The number of nitrogens with two attached hydrogens (primary N) is 1. The van der Waals surface area contributed by atoms with E-state index in [1.165, 1.54) is 87.1 Å². The molecule has 7 rings (SSSR count). The van der Waals surface area contributed by atoms with Crippen molar-refractivity contribution in [2.75, 3.05) is 88.3 Å². The minimum Gasteiger partial charge on any atom is -0.354 e. The van der Waals surface area contributed by atoms with Crippen LogP contribution >= 0.6 is 0 Å². The van der Waals surface area contributed by atoms with Gasteiger partial charge in [0.05, 0.1) is 4.92 Å². The van der Waals surface area contributed by atoms with Gasteiger partial charge in [-0.2, -0.15) is 0 Å². The molecule has 4 fully saturated rings. The highest BCUT2D eigenvalue weighted by Crippen LogP contribution is 2.38. The number of aromatic nitrogens is 4. The molecule has 14 heteroatoms. The predicted molar refractivity (Wildman–Crippen MR) is 245 cm³/mol. The van der Waals surface area contributed by atoms with E-state index in [0.29, 0.717) is 23.9 Å². The maximum atomic E-state index is 12.2. The third kappa shape index (κ3) is 13.1. The van der Waals surface area contributed by atoms with Crippen LogP contribution in [-0.2, 0) is 10.8 Å². The van der Waals surface area contributed by atoms with Crippen molar-refractivity contribution < 1.29 is 9.72 Å². The molecule has 1 aromatic carbocycles. The number of hydrogen-bond acceptors (Lipinski definition) is 12. The summed E-state index contributed by atoms with van der Waals surface area (Å²) in [5, 5.41) is 13.6. The highest BCUT2D eigenvalue weighted by molar-refractivity contribution is 5.94. The number of nitro benzene ring substituents is 1. The van der Waals surface area contributed by atoms with Crippen LogP contribution in [0.4, 0.5) is 17.3 Å². The van der Waals surface area contributed by atoms with Gasteiger partial charge in [0, 0.05) is 123 Å². The Morgan fingerprint density at radius 2 is 1.13 bits per heavy atom. The molecule has 14 nitrogen and oxygen atoms in total. The number of nitrogens with one attached hydrogen (secondary N) is 1. The quantitative estimate of drug-likeness (QED) is 0.0902. The fourth-order valence-electron chi connectivity index (χ4n) is 8.11. The number of hydrogen-bond donors (Lipinski definition) is 2. The average Bonchev–Trinajstić information content (AvgIpc) is 3.19. The molecule has 2 aliphatic heterocycles. The van der Waals surface area contributed by atoms with Crippen molar-refractivity contribution in [1.82, 2.24) is 35.1 Å². The second-order valence-electron chi connectivity index (χ2n) is 19.6. The first-order chi connectivity index (χ1) is 29.2. The summed E-state index contributed by atoms with van der Waals surface area (Å²) in [7, 11) is 0. The molecule has 4 aliphatic rings. The van der Waals surface area contributed by atoms with E-state index in [0.717, 1.165) is 108 Å². The van der Waals surface area contributed by atoms with Crippen LogP contribution in [0.2, 0.25) is 0 Å². The lowest BCUT2D eigenvalue weighted by Gasteiger charge is -2.36. The van der Waals surface area contributed by atoms with Crippen molar-refractivity contribution in [3.8, 4) is 0 Å². The SMILES string of the molecule is CC(C)(C)c1nc(C2CCC2)cc(N2CCN(CCCCN)CC2)n1.CC(C)(C)c1nc(C2CCC2)cc(N2CCN(CCCCNC(=O)c3ccc([N+](=O)[O-])cc3)CC2)n1. The first-order valence-electron chi connectivity index (χ1n) is 23.1. The largest absolute Gasteiger partial charge is 0.354 e. The Balaban J connectivity index is 0.000000218. The molecule has 2 saturated heterocycles.